The van der Waals surface area contributed by atoms with Crippen LogP contribution in [0.3, 0.4) is 0 Å². The lowest BCUT2D eigenvalue weighted by atomic mass is 9.92. The smallest absolute Gasteiger partial charge is 0.262 e. The summed E-state index contributed by atoms with van der Waals surface area (Å²) in [6.45, 7) is 0. The van der Waals surface area contributed by atoms with E-state index in [1.54, 1.807) is 48.5 Å². The molecule has 0 aromatic heterocycles. The number of hydrogen-bond donors (Lipinski definition) is 0. The van der Waals surface area contributed by atoms with Gasteiger partial charge in [0.15, 0.2) is 5.78 Å². The molecule has 150 valence electrons. The molecule has 1 aliphatic heterocycles. The molecular formula is C24H17Cl2NO3. The molecule has 1 saturated heterocycles. The zero-order valence-electron chi connectivity index (χ0n) is 15.8. The van der Waals surface area contributed by atoms with Gasteiger partial charge < -0.3 is 0 Å². The largest absolute Gasteiger partial charge is 0.293 e. The molecule has 1 heterocycles. The zero-order valence-corrected chi connectivity index (χ0v) is 17.3. The van der Waals surface area contributed by atoms with E-state index in [-0.39, 0.29) is 33.4 Å². The lowest BCUT2D eigenvalue weighted by Crippen LogP contribution is -2.37. The molecule has 0 N–H and O–H groups in total. The van der Waals surface area contributed by atoms with E-state index in [1.807, 2.05) is 30.3 Å². The summed E-state index contributed by atoms with van der Waals surface area (Å²) < 4.78 is 0. The van der Waals surface area contributed by atoms with Gasteiger partial charge in [-0.25, -0.2) is 0 Å². The van der Waals surface area contributed by atoms with Crippen molar-refractivity contribution >= 4 is 40.8 Å². The van der Waals surface area contributed by atoms with Crippen LogP contribution < -0.4 is 0 Å². The normalized spacial score (nSPS) is 18.5. The first kappa shape index (κ1) is 20.3. The van der Waals surface area contributed by atoms with E-state index < -0.39 is 23.8 Å². The molecule has 3 aromatic carbocycles. The van der Waals surface area contributed by atoms with Crippen molar-refractivity contribution < 1.29 is 14.4 Å². The van der Waals surface area contributed by atoms with Crippen molar-refractivity contribution in [3.8, 4) is 0 Å². The molecule has 1 fully saturated rings. The number of carbonyl (C=O) groups is 3. The quantitative estimate of drug-likeness (QED) is 0.303. The first-order chi connectivity index (χ1) is 14.5. The number of likely N-dealkylation sites (tertiary alicyclic amines) is 1. The molecule has 0 aliphatic carbocycles. The number of rotatable bonds is 4. The van der Waals surface area contributed by atoms with Gasteiger partial charge in [0.2, 0.25) is 5.91 Å². The molecule has 0 spiro atoms. The molecular weight excluding hydrogens is 421 g/mol. The highest BCUT2D eigenvalue weighted by Crippen LogP contribution is 2.40. The van der Waals surface area contributed by atoms with Crippen LogP contribution in [-0.4, -0.2) is 22.5 Å². The van der Waals surface area contributed by atoms with Gasteiger partial charge in [0, 0.05) is 5.56 Å². The molecule has 30 heavy (non-hydrogen) atoms. The van der Waals surface area contributed by atoms with Gasteiger partial charge in [-0.15, -0.1) is 0 Å². The average Bonchev–Trinajstić information content (AvgIpc) is 3.11. The highest BCUT2D eigenvalue weighted by atomic mass is 35.5. The third-order valence-electron chi connectivity index (χ3n) is 5.27. The average molecular weight is 438 g/mol. The van der Waals surface area contributed by atoms with Crippen LogP contribution in [0.2, 0.25) is 10.0 Å². The Morgan fingerprint density at radius 3 is 1.90 bits per heavy atom. The van der Waals surface area contributed by atoms with E-state index in [0.29, 0.717) is 0 Å². The van der Waals surface area contributed by atoms with Gasteiger partial charge in [-0.3, -0.25) is 19.3 Å². The number of amides is 2. The molecule has 2 unspecified atom stereocenters. The molecule has 0 radical (unpaired) electrons. The molecule has 6 heteroatoms. The second-order valence-electron chi connectivity index (χ2n) is 7.05. The fraction of sp³-hybridized carbons (Fsp3) is 0.125. The summed E-state index contributed by atoms with van der Waals surface area (Å²) in [5.41, 5.74) is 1.27. The van der Waals surface area contributed by atoms with Crippen LogP contribution in [0.1, 0.15) is 38.7 Å². The number of carbonyl (C=O) groups excluding carboxylic acids is 3. The number of imide groups is 1. The van der Waals surface area contributed by atoms with E-state index in [1.165, 1.54) is 0 Å². The number of nitrogens with zero attached hydrogens (tertiary/aromatic N) is 1. The minimum absolute atomic E-state index is 0.184. The second-order valence-corrected chi connectivity index (χ2v) is 7.87. The topological polar surface area (TPSA) is 54.5 Å². The summed E-state index contributed by atoms with van der Waals surface area (Å²) in [7, 11) is 0. The van der Waals surface area contributed by atoms with Crippen LogP contribution in [0.15, 0.2) is 78.9 Å². The van der Waals surface area contributed by atoms with E-state index in [2.05, 4.69) is 0 Å². The standard InChI is InChI=1S/C24H17Cl2NO3/c25-19-12-6-4-10-16(19)22(28)18-14-21(15-8-2-1-3-9-15)27(24(18)30)23(29)17-11-5-7-13-20(17)26/h1-13,18,21H,14H2. The molecule has 3 aromatic rings. The Labute approximate surface area is 184 Å². The van der Waals surface area contributed by atoms with Crippen molar-refractivity contribution in [1.29, 1.82) is 0 Å². The summed E-state index contributed by atoms with van der Waals surface area (Å²) >= 11 is 12.4. The Hall–Kier alpha value is -2.95. The number of benzene rings is 3. The number of ketones is 1. The van der Waals surface area contributed by atoms with Crippen molar-refractivity contribution in [2.75, 3.05) is 0 Å². The van der Waals surface area contributed by atoms with Crippen molar-refractivity contribution in [2.24, 2.45) is 5.92 Å². The zero-order chi connectivity index (χ0) is 21.3. The highest BCUT2D eigenvalue weighted by Gasteiger charge is 2.47. The first-order valence-electron chi connectivity index (χ1n) is 9.44. The van der Waals surface area contributed by atoms with Gasteiger partial charge in [-0.2, -0.15) is 0 Å². The highest BCUT2D eigenvalue weighted by molar-refractivity contribution is 6.35. The fourth-order valence-corrected chi connectivity index (χ4v) is 4.23. The third-order valence-corrected chi connectivity index (χ3v) is 5.93. The molecule has 0 saturated carbocycles. The van der Waals surface area contributed by atoms with Crippen molar-refractivity contribution in [1.82, 2.24) is 4.90 Å². The maximum atomic E-state index is 13.3. The fourth-order valence-electron chi connectivity index (χ4n) is 3.79. The molecule has 2 amide bonds. The maximum Gasteiger partial charge on any atom is 0.262 e. The molecule has 4 rings (SSSR count). The van der Waals surface area contributed by atoms with Gasteiger partial charge in [-0.1, -0.05) is 77.8 Å². The van der Waals surface area contributed by atoms with E-state index in [9.17, 15) is 14.4 Å². The Kier molecular flexibility index (Phi) is 5.71. The van der Waals surface area contributed by atoms with Crippen molar-refractivity contribution in [3.05, 3.63) is 106 Å². The number of Topliss-reactive ketones (excluding diaryl/α,β-unsaturated/α-hetero) is 1. The Balaban J connectivity index is 1.76. The van der Waals surface area contributed by atoms with Gasteiger partial charge in [0.05, 0.1) is 21.7 Å². The van der Waals surface area contributed by atoms with Crippen molar-refractivity contribution in [3.63, 3.8) is 0 Å². The van der Waals surface area contributed by atoms with Crippen LogP contribution in [0.5, 0.6) is 0 Å². The van der Waals surface area contributed by atoms with Crippen molar-refractivity contribution in [2.45, 2.75) is 12.5 Å². The number of halogens is 2. The van der Waals surface area contributed by atoms with Gasteiger partial charge in [0.25, 0.3) is 5.91 Å². The Bertz CT molecular complexity index is 1130. The monoisotopic (exact) mass is 437 g/mol. The van der Waals surface area contributed by atoms with E-state index in [4.69, 9.17) is 23.2 Å². The molecule has 1 aliphatic rings. The lowest BCUT2D eigenvalue weighted by molar-refractivity contribution is -0.128. The lowest BCUT2D eigenvalue weighted by Gasteiger charge is -2.23. The van der Waals surface area contributed by atoms with Crippen LogP contribution >= 0.6 is 23.2 Å². The summed E-state index contributed by atoms with van der Waals surface area (Å²) in [6, 6.07) is 21.8. The Morgan fingerprint density at radius 1 is 0.767 bits per heavy atom. The van der Waals surface area contributed by atoms with Crippen LogP contribution in [0.25, 0.3) is 0 Å². The van der Waals surface area contributed by atoms with Gasteiger partial charge in [0.1, 0.15) is 5.92 Å². The summed E-state index contributed by atoms with van der Waals surface area (Å²) in [4.78, 5) is 41.0. The summed E-state index contributed by atoms with van der Waals surface area (Å²) in [5.74, 6) is -2.45. The Morgan fingerprint density at radius 2 is 1.30 bits per heavy atom. The first-order valence-corrected chi connectivity index (χ1v) is 10.2. The second kappa shape index (κ2) is 8.42. The molecule has 2 atom stereocenters. The van der Waals surface area contributed by atoms with E-state index >= 15 is 0 Å². The minimum atomic E-state index is -0.999. The predicted octanol–water partition coefficient (Wildman–Crippen LogP) is 5.61. The minimum Gasteiger partial charge on any atom is -0.293 e. The summed E-state index contributed by atoms with van der Waals surface area (Å²) in [5, 5.41) is 0.533. The third kappa shape index (κ3) is 3.64. The van der Waals surface area contributed by atoms with Gasteiger partial charge in [-0.05, 0) is 36.2 Å². The maximum absolute atomic E-state index is 13.3. The number of hydrogen-bond acceptors (Lipinski definition) is 3. The SMILES string of the molecule is O=C(c1ccccc1Cl)C1CC(c2ccccc2)N(C(=O)c2ccccc2Cl)C1=O. The van der Waals surface area contributed by atoms with Crippen LogP contribution in [0.4, 0.5) is 0 Å². The summed E-state index contributed by atoms with van der Waals surface area (Å²) in [6.07, 6.45) is 0.184. The molecule has 4 nitrogen and oxygen atoms in total. The van der Waals surface area contributed by atoms with E-state index in [0.717, 1.165) is 10.5 Å². The predicted molar refractivity (Wildman–Crippen MR) is 116 cm³/mol. The molecule has 0 bridgehead atoms. The van der Waals surface area contributed by atoms with Crippen LogP contribution in [-0.2, 0) is 4.79 Å². The van der Waals surface area contributed by atoms with Crippen LogP contribution in [0, 0.1) is 5.92 Å². The van der Waals surface area contributed by atoms with Gasteiger partial charge >= 0.3 is 0 Å².